The van der Waals surface area contributed by atoms with E-state index in [9.17, 15) is 0 Å². The van der Waals surface area contributed by atoms with Crippen LogP contribution in [0, 0.1) is 5.92 Å². The van der Waals surface area contributed by atoms with Gasteiger partial charge in [-0.2, -0.15) is 0 Å². The van der Waals surface area contributed by atoms with Crippen LogP contribution in [0.3, 0.4) is 0 Å². The van der Waals surface area contributed by atoms with E-state index < -0.39 is 0 Å². The maximum absolute atomic E-state index is 5.90. The topological polar surface area (TPSA) is 26.0 Å². The van der Waals surface area contributed by atoms with Crippen LogP contribution in [-0.4, -0.2) is 6.04 Å². The van der Waals surface area contributed by atoms with E-state index in [1.165, 1.54) is 18.4 Å². The van der Waals surface area contributed by atoms with Crippen molar-refractivity contribution in [1.29, 1.82) is 0 Å². The summed E-state index contributed by atoms with van der Waals surface area (Å²) in [7, 11) is 0. The van der Waals surface area contributed by atoms with Crippen molar-refractivity contribution in [3.05, 3.63) is 12.2 Å². The molecule has 2 N–H and O–H groups in total. The monoisotopic (exact) mass is 155 g/mol. The van der Waals surface area contributed by atoms with Crippen molar-refractivity contribution >= 4 is 0 Å². The molecule has 1 atom stereocenters. The summed E-state index contributed by atoms with van der Waals surface area (Å²) < 4.78 is 0. The predicted octanol–water partition coefficient (Wildman–Crippen LogP) is 2.72. The molecule has 0 radical (unpaired) electrons. The lowest BCUT2D eigenvalue weighted by molar-refractivity contribution is 0.579. The Morgan fingerprint density at radius 3 is 2.36 bits per heavy atom. The third-order valence-electron chi connectivity index (χ3n) is 2.09. The molecule has 0 heterocycles. The fraction of sp³-hybridized carbons (Fsp3) is 0.800. The molecule has 0 saturated heterocycles. The third kappa shape index (κ3) is 4.20. The first-order valence-electron chi connectivity index (χ1n) is 4.53. The zero-order chi connectivity index (χ0) is 8.85. The van der Waals surface area contributed by atoms with Crippen molar-refractivity contribution in [1.82, 2.24) is 0 Å². The Balaban J connectivity index is 3.64. The van der Waals surface area contributed by atoms with Crippen molar-refractivity contribution in [2.24, 2.45) is 11.7 Å². The Kier molecular flexibility index (Phi) is 5.22. The highest BCUT2D eigenvalue weighted by molar-refractivity contribution is 5.06. The van der Waals surface area contributed by atoms with E-state index in [4.69, 9.17) is 5.73 Å². The van der Waals surface area contributed by atoms with Gasteiger partial charge in [0.05, 0.1) is 0 Å². The molecule has 0 spiro atoms. The van der Waals surface area contributed by atoms with Gasteiger partial charge in [-0.25, -0.2) is 0 Å². The number of nitrogens with two attached hydrogens (primary N) is 1. The number of unbranched alkanes of at least 4 members (excludes halogenated alkanes) is 1. The molecule has 0 rings (SSSR count). The van der Waals surface area contributed by atoms with E-state index in [1.807, 2.05) is 0 Å². The van der Waals surface area contributed by atoms with Gasteiger partial charge in [0.15, 0.2) is 0 Å². The first kappa shape index (κ1) is 10.7. The molecule has 1 nitrogen and oxygen atoms in total. The molecule has 0 aliphatic carbocycles. The number of rotatable bonds is 5. The van der Waals surface area contributed by atoms with Crippen LogP contribution < -0.4 is 5.73 Å². The van der Waals surface area contributed by atoms with Gasteiger partial charge in [0, 0.05) is 6.04 Å². The zero-order valence-electron chi connectivity index (χ0n) is 8.06. The maximum Gasteiger partial charge on any atom is 0.0253 e. The summed E-state index contributed by atoms with van der Waals surface area (Å²) in [5.41, 5.74) is 7.10. The lowest BCUT2D eigenvalue weighted by atomic mass is 9.94. The van der Waals surface area contributed by atoms with Crippen LogP contribution in [-0.2, 0) is 0 Å². The third-order valence-corrected chi connectivity index (χ3v) is 2.09. The molecule has 0 amide bonds. The summed E-state index contributed by atoms with van der Waals surface area (Å²) in [6.45, 7) is 10.5. The largest absolute Gasteiger partial charge is 0.324 e. The summed E-state index contributed by atoms with van der Waals surface area (Å²) in [5.74, 6) is 0.529. The molecule has 1 heteroatoms. The Bertz CT molecular complexity index is 116. The van der Waals surface area contributed by atoms with Gasteiger partial charge < -0.3 is 5.73 Å². The minimum absolute atomic E-state index is 0.218. The molecule has 11 heavy (non-hydrogen) atoms. The summed E-state index contributed by atoms with van der Waals surface area (Å²) in [6.07, 6.45) is 3.53. The van der Waals surface area contributed by atoms with Gasteiger partial charge in [-0.05, 0) is 12.3 Å². The Morgan fingerprint density at radius 2 is 2.00 bits per heavy atom. The fourth-order valence-corrected chi connectivity index (χ4v) is 1.04. The molecule has 0 bridgehead atoms. The standard InChI is InChI=1S/C10H21N/c1-5-6-7-10(11)9(4)8(2)3/h8,10H,4-7,11H2,1-3H3. The number of hydrogen-bond donors (Lipinski definition) is 1. The molecule has 66 valence electrons. The average Bonchev–Trinajstić information content (AvgIpc) is 1.98. The van der Waals surface area contributed by atoms with Crippen LogP contribution in [0.1, 0.15) is 40.0 Å². The van der Waals surface area contributed by atoms with E-state index in [-0.39, 0.29) is 6.04 Å². The van der Waals surface area contributed by atoms with E-state index in [0.29, 0.717) is 5.92 Å². The van der Waals surface area contributed by atoms with Gasteiger partial charge in [0.1, 0.15) is 0 Å². The molecule has 0 aromatic carbocycles. The lowest BCUT2D eigenvalue weighted by Crippen LogP contribution is -2.24. The van der Waals surface area contributed by atoms with Crippen molar-refractivity contribution in [2.75, 3.05) is 0 Å². The van der Waals surface area contributed by atoms with E-state index in [2.05, 4.69) is 27.4 Å². The van der Waals surface area contributed by atoms with Crippen molar-refractivity contribution in [2.45, 2.75) is 46.1 Å². The second-order valence-corrected chi connectivity index (χ2v) is 3.48. The van der Waals surface area contributed by atoms with Gasteiger partial charge >= 0.3 is 0 Å². The van der Waals surface area contributed by atoms with Crippen molar-refractivity contribution in [3.8, 4) is 0 Å². The Morgan fingerprint density at radius 1 is 1.45 bits per heavy atom. The smallest absolute Gasteiger partial charge is 0.0253 e. The van der Waals surface area contributed by atoms with Gasteiger partial charge in [0.25, 0.3) is 0 Å². The molecule has 0 fully saturated rings. The van der Waals surface area contributed by atoms with Gasteiger partial charge in [-0.1, -0.05) is 45.8 Å². The summed E-state index contributed by atoms with van der Waals surface area (Å²) in [5, 5.41) is 0. The van der Waals surface area contributed by atoms with Crippen LogP contribution in [0.25, 0.3) is 0 Å². The molecule has 0 aliphatic rings. The molecular formula is C10H21N. The fourth-order valence-electron chi connectivity index (χ4n) is 1.04. The molecule has 0 aromatic heterocycles. The van der Waals surface area contributed by atoms with Crippen LogP contribution in [0.5, 0.6) is 0 Å². The molecular weight excluding hydrogens is 134 g/mol. The van der Waals surface area contributed by atoms with Crippen molar-refractivity contribution in [3.63, 3.8) is 0 Å². The minimum Gasteiger partial charge on any atom is -0.324 e. The highest BCUT2D eigenvalue weighted by Gasteiger charge is 2.08. The second-order valence-electron chi connectivity index (χ2n) is 3.48. The van der Waals surface area contributed by atoms with Crippen LogP contribution in [0.15, 0.2) is 12.2 Å². The second kappa shape index (κ2) is 5.36. The quantitative estimate of drug-likeness (QED) is 0.607. The molecule has 1 unspecified atom stereocenters. The van der Waals surface area contributed by atoms with Crippen LogP contribution in [0.2, 0.25) is 0 Å². The molecule has 0 aromatic rings. The summed E-state index contributed by atoms with van der Waals surface area (Å²) in [6, 6.07) is 0.218. The Labute approximate surface area is 70.7 Å². The van der Waals surface area contributed by atoms with Gasteiger partial charge in [-0.15, -0.1) is 0 Å². The average molecular weight is 155 g/mol. The summed E-state index contributed by atoms with van der Waals surface area (Å²) in [4.78, 5) is 0. The lowest BCUT2D eigenvalue weighted by Gasteiger charge is -2.17. The first-order chi connectivity index (χ1) is 5.09. The summed E-state index contributed by atoms with van der Waals surface area (Å²) >= 11 is 0. The van der Waals surface area contributed by atoms with Crippen LogP contribution in [0.4, 0.5) is 0 Å². The highest BCUT2D eigenvalue weighted by Crippen LogP contribution is 2.14. The maximum atomic E-state index is 5.90. The van der Waals surface area contributed by atoms with E-state index in [0.717, 1.165) is 6.42 Å². The van der Waals surface area contributed by atoms with Crippen molar-refractivity contribution < 1.29 is 0 Å². The predicted molar refractivity (Wildman–Crippen MR) is 51.5 cm³/mol. The number of hydrogen-bond acceptors (Lipinski definition) is 1. The zero-order valence-corrected chi connectivity index (χ0v) is 8.06. The minimum atomic E-state index is 0.218. The highest BCUT2D eigenvalue weighted by atomic mass is 14.6. The SMILES string of the molecule is C=C(C(C)C)C(N)CCCC. The van der Waals surface area contributed by atoms with Gasteiger partial charge in [-0.3, -0.25) is 0 Å². The Hall–Kier alpha value is -0.300. The van der Waals surface area contributed by atoms with Crippen LogP contribution >= 0.6 is 0 Å². The normalized spacial score (nSPS) is 13.5. The molecule has 0 aliphatic heterocycles. The van der Waals surface area contributed by atoms with E-state index >= 15 is 0 Å². The van der Waals surface area contributed by atoms with Gasteiger partial charge in [0.2, 0.25) is 0 Å². The molecule has 0 saturated carbocycles. The van der Waals surface area contributed by atoms with E-state index in [1.54, 1.807) is 0 Å². The first-order valence-corrected chi connectivity index (χ1v) is 4.53.